The summed E-state index contributed by atoms with van der Waals surface area (Å²) in [5, 5.41) is 8.04. The van der Waals surface area contributed by atoms with Crippen molar-refractivity contribution in [2.24, 2.45) is 5.92 Å². The largest absolute Gasteiger partial charge is 0.383 e. The highest BCUT2D eigenvalue weighted by atomic mass is 79.9. The predicted octanol–water partition coefficient (Wildman–Crippen LogP) is 3.38. The van der Waals surface area contributed by atoms with Gasteiger partial charge in [0, 0.05) is 7.11 Å². The molecule has 1 rings (SSSR count). The summed E-state index contributed by atoms with van der Waals surface area (Å²) in [6.45, 7) is 9.12. The molecule has 1 N–H and O–H groups in total. The molecule has 0 radical (unpaired) electrons. The lowest BCUT2D eigenvalue weighted by atomic mass is 9.94. The second kappa shape index (κ2) is 8.72. The molecular weight excluding hydrogens is 306 g/mol. The van der Waals surface area contributed by atoms with Crippen molar-refractivity contribution in [3.8, 4) is 0 Å². The van der Waals surface area contributed by atoms with Gasteiger partial charge in [0.2, 0.25) is 0 Å². The molecule has 0 amide bonds. The van der Waals surface area contributed by atoms with Crippen molar-refractivity contribution in [2.45, 2.75) is 46.2 Å². The molecule has 2 unspecified atom stereocenters. The Hall–Kier alpha value is -0.390. The second-order valence-corrected chi connectivity index (χ2v) is 5.75. The fourth-order valence-electron chi connectivity index (χ4n) is 2.45. The van der Waals surface area contributed by atoms with Gasteiger partial charge in [0.1, 0.15) is 0 Å². The lowest BCUT2D eigenvalue weighted by Gasteiger charge is -2.26. The van der Waals surface area contributed by atoms with E-state index in [0.29, 0.717) is 18.6 Å². The van der Waals surface area contributed by atoms with Crippen LogP contribution in [0.4, 0.5) is 0 Å². The lowest BCUT2D eigenvalue weighted by molar-refractivity contribution is 0.180. The molecule has 19 heavy (non-hydrogen) atoms. The Labute approximate surface area is 125 Å². The van der Waals surface area contributed by atoms with Crippen molar-refractivity contribution >= 4 is 15.9 Å². The molecule has 0 saturated carbocycles. The highest BCUT2D eigenvalue weighted by Gasteiger charge is 2.24. The minimum absolute atomic E-state index is 0.332. The van der Waals surface area contributed by atoms with Crippen LogP contribution >= 0.6 is 15.9 Å². The van der Waals surface area contributed by atoms with Crippen LogP contribution in [-0.2, 0) is 11.3 Å². The molecule has 0 aliphatic heterocycles. The Balaban J connectivity index is 2.96. The van der Waals surface area contributed by atoms with E-state index >= 15 is 0 Å². The molecule has 0 bridgehead atoms. The first kappa shape index (κ1) is 16.7. The Morgan fingerprint density at radius 3 is 2.79 bits per heavy atom. The molecular formula is C14H26BrN3O. The second-order valence-electron chi connectivity index (χ2n) is 4.89. The summed E-state index contributed by atoms with van der Waals surface area (Å²) in [4.78, 5) is 0. The molecule has 0 aliphatic rings. The fraction of sp³-hybridized carbons (Fsp3) is 0.786. The molecule has 0 aromatic carbocycles. The van der Waals surface area contributed by atoms with Crippen molar-refractivity contribution < 1.29 is 4.74 Å². The van der Waals surface area contributed by atoms with Gasteiger partial charge in [-0.2, -0.15) is 5.10 Å². The smallest absolute Gasteiger partial charge is 0.0699 e. The van der Waals surface area contributed by atoms with E-state index in [1.807, 2.05) is 10.9 Å². The van der Waals surface area contributed by atoms with Gasteiger partial charge in [-0.25, -0.2) is 0 Å². The molecule has 1 heterocycles. The molecule has 1 aromatic rings. The summed E-state index contributed by atoms with van der Waals surface area (Å²) in [5.41, 5.74) is 1.24. The first-order chi connectivity index (χ1) is 9.15. The molecule has 2 atom stereocenters. The Morgan fingerprint density at radius 2 is 2.21 bits per heavy atom. The topological polar surface area (TPSA) is 39.1 Å². The van der Waals surface area contributed by atoms with E-state index in [4.69, 9.17) is 4.74 Å². The molecule has 0 spiro atoms. The number of nitrogens with zero attached hydrogens (tertiary/aromatic N) is 2. The van der Waals surface area contributed by atoms with Crippen LogP contribution in [0.1, 0.15) is 45.3 Å². The zero-order chi connectivity index (χ0) is 14.3. The van der Waals surface area contributed by atoms with Gasteiger partial charge >= 0.3 is 0 Å². The number of hydrogen-bond donors (Lipinski definition) is 1. The minimum atomic E-state index is 0.332. The maximum Gasteiger partial charge on any atom is 0.0699 e. The van der Waals surface area contributed by atoms with Gasteiger partial charge < -0.3 is 10.1 Å². The van der Waals surface area contributed by atoms with Crippen molar-refractivity contribution in [1.82, 2.24) is 15.1 Å². The quantitative estimate of drug-likeness (QED) is 0.753. The number of hydrogen-bond acceptors (Lipinski definition) is 3. The van der Waals surface area contributed by atoms with Crippen LogP contribution in [0.2, 0.25) is 0 Å². The zero-order valence-corrected chi connectivity index (χ0v) is 14.0. The van der Waals surface area contributed by atoms with Crippen LogP contribution in [0.15, 0.2) is 10.7 Å². The molecule has 1 aromatic heterocycles. The number of halogens is 1. The lowest BCUT2D eigenvalue weighted by Crippen LogP contribution is -2.30. The number of nitrogens with one attached hydrogen (secondary N) is 1. The maximum absolute atomic E-state index is 5.16. The molecule has 4 nitrogen and oxygen atoms in total. The molecule has 0 fully saturated rings. The first-order valence-electron chi connectivity index (χ1n) is 7.09. The van der Waals surface area contributed by atoms with Crippen LogP contribution < -0.4 is 5.32 Å². The summed E-state index contributed by atoms with van der Waals surface area (Å²) >= 11 is 3.63. The van der Waals surface area contributed by atoms with Gasteiger partial charge in [0.05, 0.1) is 35.6 Å². The Kier molecular flexibility index (Phi) is 7.64. The van der Waals surface area contributed by atoms with Crippen LogP contribution in [0.5, 0.6) is 0 Å². The van der Waals surface area contributed by atoms with Crippen molar-refractivity contribution in [2.75, 3.05) is 20.3 Å². The number of rotatable bonds is 9. The van der Waals surface area contributed by atoms with Gasteiger partial charge in [-0.05, 0) is 34.8 Å². The predicted molar refractivity (Wildman–Crippen MR) is 82.3 cm³/mol. The van der Waals surface area contributed by atoms with Crippen molar-refractivity contribution in [3.63, 3.8) is 0 Å². The minimum Gasteiger partial charge on any atom is -0.383 e. The molecule has 5 heteroatoms. The maximum atomic E-state index is 5.16. The van der Waals surface area contributed by atoms with Crippen molar-refractivity contribution in [3.05, 3.63) is 16.4 Å². The third kappa shape index (κ3) is 4.58. The monoisotopic (exact) mass is 331 g/mol. The number of ether oxygens (including phenoxy) is 1. The summed E-state index contributed by atoms with van der Waals surface area (Å²) in [6, 6.07) is 0.332. The zero-order valence-electron chi connectivity index (χ0n) is 12.4. The van der Waals surface area contributed by atoms with Crippen molar-refractivity contribution in [1.29, 1.82) is 0 Å². The third-order valence-electron chi connectivity index (χ3n) is 3.37. The van der Waals surface area contributed by atoms with Gasteiger partial charge in [0.15, 0.2) is 0 Å². The number of aromatic nitrogens is 2. The van der Waals surface area contributed by atoms with E-state index in [1.54, 1.807) is 7.11 Å². The van der Waals surface area contributed by atoms with Crippen LogP contribution in [0.25, 0.3) is 0 Å². The van der Waals surface area contributed by atoms with E-state index in [9.17, 15) is 0 Å². The SMILES string of the molecule is CCCC(C)C(NCC)c1c(Br)cnn1CCOC. The van der Waals surface area contributed by atoms with Crippen LogP contribution in [-0.4, -0.2) is 30.0 Å². The number of methoxy groups -OCH3 is 1. The third-order valence-corrected chi connectivity index (χ3v) is 3.98. The summed E-state index contributed by atoms with van der Waals surface area (Å²) < 4.78 is 8.29. The molecule has 0 aliphatic carbocycles. The highest BCUT2D eigenvalue weighted by Crippen LogP contribution is 2.30. The first-order valence-corrected chi connectivity index (χ1v) is 7.88. The van der Waals surface area contributed by atoms with Gasteiger partial charge in [-0.1, -0.05) is 27.2 Å². The standard InChI is InChI=1S/C14H26BrN3O/c1-5-7-11(3)13(16-6-2)14-12(15)10-17-18(14)8-9-19-4/h10-11,13,16H,5-9H2,1-4H3. The average Bonchev–Trinajstić information content (AvgIpc) is 2.75. The molecule has 0 saturated heterocycles. The van der Waals surface area contributed by atoms with Crippen LogP contribution in [0, 0.1) is 5.92 Å². The summed E-state index contributed by atoms with van der Waals surface area (Å²) in [6.07, 6.45) is 4.29. The highest BCUT2D eigenvalue weighted by molar-refractivity contribution is 9.10. The molecule has 110 valence electrons. The Bertz CT molecular complexity index is 368. The van der Waals surface area contributed by atoms with Gasteiger partial charge in [-0.3, -0.25) is 4.68 Å². The van der Waals surface area contributed by atoms with E-state index < -0.39 is 0 Å². The normalized spacial score (nSPS) is 14.6. The van der Waals surface area contributed by atoms with E-state index in [-0.39, 0.29) is 0 Å². The Morgan fingerprint density at radius 1 is 1.47 bits per heavy atom. The average molecular weight is 332 g/mol. The van der Waals surface area contributed by atoms with E-state index in [2.05, 4.69) is 47.1 Å². The van der Waals surface area contributed by atoms with Gasteiger partial charge in [-0.15, -0.1) is 0 Å². The van der Waals surface area contributed by atoms with E-state index in [1.165, 1.54) is 18.5 Å². The fourth-order valence-corrected chi connectivity index (χ4v) is 2.99. The van der Waals surface area contributed by atoms with E-state index in [0.717, 1.165) is 17.6 Å². The summed E-state index contributed by atoms with van der Waals surface area (Å²) in [5.74, 6) is 0.583. The summed E-state index contributed by atoms with van der Waals surface area (Å²) in [7, 11) is 1.72. The van der Waals surface area contributed by atoms with Crippen LogP contribution in [0.3, 0.4) is 0 Å². The van der Waals surface area contributed by atoms with Gasteiger partial charge in [0.25, 0.3) is 0 Å².